The van der Waals surface area contributed by atoms with Gasteiger partial charge in [-0.05, 0) is 86.3 Å². The molecular weight excluding hydrogens is 805 g/mol. The number of amides is 2. The minimum atomic E-state index is -5.02. The Morgan fingerprint density at radius 1 is 1.07 bits per heavy atom. The molecule has 4 aliphatic carbocycles. The van der Waals surface area contributed by atoms with Crippen molar-refractivity contribution in [3.05, 3.63) is 89.0 Å². The first-order chi connectivity index (χ1) is 28.8. The number of hydrogen-bond donors (Lipinski definition) is 6. The number of anilines is 1. The van der Waals surface area contributed by atoms with Gasteiger partial charge in [0.2, 0.25) is 11.8 Å². The number of aliphatic hydroxyl groups is 1. The number of rotatable bonds is 15. The van der Waals surface area contributed by atoms with Crippen LogP contribution in [0.2, 0.25) is 0 Å². The Morgan fingerprint density at radius 3 is 2.51 bits per heavy atom. The molecule has 3 saturated carbocycles. The normalized spacial score (nSPS) is 32.4. The van der Waals surface area contributed by atoms with Gasteiger partial charge in [0.1, 0.15) is 6.61 Å². The van der Waals surface area contributed by atoms with Crippen LogP contribution in [0.4, 0.5) is 5.69 Å². The molecule has 11 atom stereocenters. The molecule has 2 aromatic carbocycles. The average Bonchev–Trinajstić information content (AvgIpc) is 3.70. The number of Topliss-reactive ketones (excluding diaryl/α,β-unsaturated/α-hetero) is 2. The lowest BCUT2D eigenvalue weighted by atomic mass is 9.46. The highest BCUT2D eigenvalue weighted by Crippen LogP contribution is 2.70. The molecule has 7 rings (SSSR count). The largest absolute Gasteiger partial charge is 0.470 e. The van der Waals surface area contributed by atoms with Crippen molar-refractivity contribution >= 4 is 42.7 Å². The third-order valence-corrected chi connectivity index (χ3v) is 14.5. The number of ketones is 3. The maximum Gasteiger partial charge on any atom is 0.470 e. The van der Waals surface area contributed by atoms with E-state index in [2.05, 4.69) is 17.6 Å². The maximum atomic E-state index is 14.4. The van der Waals surface area contributed by atoms with Crippen LogP contribution in [0.25, 0.3) is 0 Å². The van der Waals surface area contributed by atoms with Crippen LogP contribution < -0.4 is 16.4 Å². The van der Waals surface area contributed by atoms with Crippen LogP contribution in [-0.4, -0.2) is 81.1 Å². The fourth-order valence-corrected chi connectivity index (χ4v) is 11.4. The number of fused-ring (bicyclic) bond motifs is 7. The van der Waals surface area contributed by atoms with Crippen molar-refractivity contribution in [1.29, 1.82) is 0 Å². The SMILES string of the molecule is C[C@H](CC(=O)[C@H](C)NC(=O)CCN)C(=O)Nc1cccc(Cc2ccc([C@@H]3O[C@@H]4C[C@H]5[C@@H]6CCC7=CC(=O)C=C[C@]7(C)[C@H]6[C@@H](O)C[C@]5(C)[C@]4(C(=O)COP(=O)(O)O)O3)cc2)c1. The van der Waals surface area contributed by atoms with E-state index < -0.39 is 67.1 Å². The lowest BCUT2D eigenvalue weighted by molar-refractivity contribution is -0.200. The molecule has 7 N–H and O–H groups in total. The number of nitrogens with one attached hydrogen (secondary N) is 2. The van der Waals surface area contributed by atoms with E-state index in [1.165, 1.54) is 0 Å². The molecule has 0 radical (unpaired) electrons. The molecule has 2 aromatic rings. The molecule has 4 fully saturated rings. The second-order valence-electron chi connectivity index (χ2n) is 18.0. The summed E-state index contributed by atoms with van der Waals surface area (Å²) < 4.78 is 29.9. The number of carbonyl (C=O) groups excluding carboxylic acids is 5. The highest BCUT2D eigenvalue weighted by molar-refractivity contribution is 7.46. The first-order valence-electron chi connectivity index (χ1n) is 21.0. The average molecular weight is 862 g/mol. The van der Waals surface area contributed by atoms with Crippen molar-refractivity contribution in [2.45, 2.75) is 103 Å². The summed E-state index contributed by atoms with van der Waals surface area (Å²) >= 11 is 0. The molecule has 1 saturated heterocycles. The quantitative estimate of drug-likeness (QED) is 0.137. The van der Waals surface area contributed by atoms with Crippen molar-refractivity contribution in [3.63, 3.8) is 0 Å². The molecular formula is C45H56N3O12P. The van der Waals surface area contributed by atoms with Crippen LogP contribution in [0.3, 0.4) is 0 Å². The van der Waals surface area contributed by atoms with Gasteiger partial charge in [-0.2, -0.15) is 0 Å². The molecule has 0 bridgehead atoms. The number of aliphatic hydroxyl groups excluding tert-OH is 1. The van der Waals surface area contributed by atoms with E-state index in [0.717, 1.165) is 16.7 Å². The molecule has 0 spiro atoms. The summed E-state index contributed by atoms with van der Waals surface area (Å²) in [6, 6.07) is 14.1. The van der Waals surface area contributed by atoms with Crippen molar-refractivity contribution in [3.8, 4) is 0 Å². The maximum absolute atomic E-state index is 14.4. The van der Waals surface area contributed by atoms with E-state index in [1.54, 1.807) is 32.1 Å². The smallest absolute Gasteiger partial charge is 0.393 e. The van der Waals surface area contributed by atoms with Crippen LogP contribution in [-0.2, 0) is 49.0 Å². The van der Waals surface area contributed by atoms with Crippen LogP contribution in [0, 0.1) is 34.5 Å². The van der Waals surface area contributed by atoms with E-state index >= 15 is 0 Å². The van der Waals surface area contributed by atoms with Gasteiger partial charge in [0.15, 0.2) is 29.2 Å². The number of benzene rings is 2. The number of carbonyl (C=O) groups is 5. The molecule has 5 aliphatic rings. The van der Waals surface area contributed by atoms with Crippen molar-refractivity contribution in [2.75, 3.05) is 18.5 Å². The molecule has 0 unspecified atom stereocenters. The summed E-state index contributed by atoms with van der Waals surface area (Å²) in [6.07, 6.45) is 5.01. The summed E-state index contributed by atoms with van der Waals surface area (Å²) in [5.74, 6) is -2.69. The Bertz CT molecular complexity index is 2190. The third kappa shape index (κ3) is 8.64. The van der Waals surface area contributed by atoms with Gasteiger partial charge in [0, 0.05) is 53.3 Å². The zero-order valence-electron chi connectivity index (χ0n) is 34.9. The predicted molar refractivity (Wildman–Crippen MR) is 222 cm³/mol. The van der Waals surface area contributed by atoms with Gasteiger partial charge in [0.05, 0.1) is 18.2 Å². The van der Waals surface area contributed by atoms with E-state index in [1.807, 2.05) is 55.5 Å². The molecule has 15 nitrogen and oxygen atoms in total. The molecule has 328 valence electrons. The minimum Gasteiger partial charge on any atom is -0.393 e. The van der Waals surface area contributed by atoms with E-state index in [9.17, 15) is 43.4 Å². The topological polar surface area (TPSA) is 241 Å². The van der Waals surface area contributed by atoms with Crippen molar-refractivity contribution < 1.29 is 57.4 Å². The van der Waals surface area contributed by atoms with Crippen molar-refractivity contribution in [1.82, 2.24) is 5.32 Å². The molecule has 16 heteroatoms. The highest BCUT2D eigenvalue weighted by atomic mass is 31.2. The Kier molecular flexibility index (Phi) is 12.6. The van der Waals surface area contributed by atoms with E-state index in [0.29, 0.717) is 36.9 Å². The predicted octanol–water partition coefficient (Wildman–Crippen LogP) is 4.38. The molecule has 0 aromatic heterocycles. The minimum absolute atomic E-state index is 0.0454. The first kappa shape index (κ1) is 44.9. The van der Waals surface area contributed by atoms with Gasteiger partial charge < -0.3 is 40.7 Å². The molecule has 1 heterocycles. The lowest BCUT2D eigenvalue weighted by Crippen LogP contribution is -2.63. The Labute approximate surface area is 355 Å². The zero-order valence-corrected chi connectivity index (χ0v) is 35.8. The Morgan fingerprint density at radius 2 is 1.80 bits per heavy atom. The van der Waals surface area contributed by atoms with Gasteiger partial charge in [-0.25, -0.2) is 4.57 Å². The van der Waals surface area contributed by atoms with Gasteiger partial charge in [-0.3, -0.25) is 28.5 Å². The van der Waals surface area contributed by atoms with E-state index in [-0.39, 0.29) is 66.9 Å². The summed E-state index contributed by atoms with van der Waals surface area (Å²) in [5.41, 5.74) is 6.24. The third-order valence-electron chi connectivity index (χ3n) is 14.1. The van der Waals surface area contributed by atoms with Gasteiger partial charge in [-0.15, -0.1) is 0 Å². The summed E-state index contributed by atoms with van der Waals surface area (Å²) in [4.78, 5) is 83.3. The van der Waals surface area contributed by atoms with Crippen LogP contribution in [0.5, 0.6) is 0 Å². The standard InChI is InChI=1S/C45H56N3O12P/c1-25(18-35(50)26(2)47-39(53)15-17-46)41(54)48-31-7-5-6-28(20-31)19-27-8-10-29(11-9-27)42-59-38-22-34-33-13-12-30-21-32(49)14-16-43(30,3)40(33)36(51)23-44(34,4)45(38,60-42)37(52)24-58-61(55,56)57/h5-11,14,16,20-21,25-26,33-34,36,38,40,42,51H,12-13,15,17-19,22-24,46H2,1-4H3,(H,47,53)(H,48,54)(H2,55,56,57)/t25-,26+,33+,34+,36+,38-,40-,42-,43+,44+,45-/m1/s1. The number of ether oxygens (including phenoxy) is 2. The lowest BCUT2D eigenvalue weighted by Gasteiger charge is -2.59. The number of phosphoric acid groups is 1. The molecule has 2 amide bonds. The Hall–Kier alpha value is -4.18. The number of hydrogen-bond acceptors (Lipinski definition) is 11. The van der Waals surface area contributed by atoms with Crippen LogP contribution >= 0.6 is 7.82 Å². The monoisotopic (exact) mass is 861 g/mol. The van der Waals surface area contributed by atoms with Crippen LogP contribution in [0.15, 0.2) is 72.3 Å². The molecule has 61 heavy (non-hydrogen) atoms. The van der Waals surface area contributed by atoms with Gasteiger partial charge >= 0.3 is 7.82 Å². The summed E-state index contributed by atoms with van der Waals surface area (Å²) in [5, 5.41) is 17.5. The van der Waals surface area contributed by atoms with Crippen LogP contribution in [0.1, 0.15) is 89.2 Å². The molecule has 1 aliphatic heterocycles. The van der Waals surface area contributed by atoms with E-state index in [4.69, 9.17) is 19.7 Å². The summed E-state index contributed by atoms with van der Waals surface area (Å²) in [7, 11) is -5.02. The second kappa shape index (κ2) is 17.2. The van der Waals surface area contributed by atoms with Gasteiger partial charge in [-0.1, -0.05) is 68.8 Å². The van der Waals surface area contributed by atoms with Crippen molar-refractivity contribution in [2.24, 2.45) is 40.2 Å². The number of allylic oxidation sites excluding steroid dienone is 4. The second-order valence-corrected chi connectivity index (χ2v) is 19.2. The van der Waals surface area contributed by atoms with Gasteiger partial charge in [0.25, 0.3) is 0 Å². The fraction of sp³-hybridized carbons (Fsp3) is 0.533. The number of nitrogens with two attached hydrogens (primary N) is 1. The number of phosphoric ester groups is 1. The zero-order chi connectivity index (χ0) is 44.1. The Balaban J connectivity index is 1.04. The summed E-state index contributed by atoms with van der Waals surface area (Å²) in [6.45, 7) is 6.48. The fourth-order valence-electron chi connectivity index (χ4n) is 11.1. The highest BCUT2D eigenvalue weighted by Gasteiger charge is 2.76. The first-order valence-corrected chi connectivity index (χ1v) is 22.5.